The van der Waals surface area contributed by atoms with Crippen molar-refractivity contribution in [1.82, 2.24) is 13.8 Å². The summed E-state index contributed by atoms with van der Waals surface area (Å²) in [6, 6.07) is 4.93. The molecule has 170 valence electrons. The van der Waals surface area contributed by atoms with Gasteiger partial charge in [-0.3, -0.25) is 14.2 Å². The Labute approximate surface area is 187 Å². The van der Waals surface area contributed by atoms with Gasteiger partial charge in [0.2, 0.25) is 15.9 Å². The van der Waals surface area contributed by atoms with Crippen LogP contribution in [0.25, 0.3) is 10.2 Å². The number of thiazole rings is 1. The summed E-state index contributed by atoms with van der Waals surface area (Å²) in [5, 5.41) is 0. The molecule has 1 aliphatic heterocycles. The molecule has 4 rings (SSSR count). The predicted molar refractivity (Wildman–Crippen MR) is 123 cm³/mol. The molecule has 0 radical (unpaired) electrons. The van der Waals surface area contributed by atoms with Crippen LogP contribution >= 0.6 is 11.3 Å². The SMILES string of the molecule is CC(C)n1c(=O)sc2cc(S(=O)(=O)N3CCN(C(=O)CCC4CCCC4)CC3)ccc21. The van der Waals surface area contributed by atoms with E-state index in [1.165, 1.54) is 30.0 Å². The molecule has 0 spiro atoms. The van der Waals surface area contributed by atoms with Gasteiger partial charge in [0, 0.05) is 38.6 Å². The summed E-state index contributed by atoms with van der Waals surface area (Å²) in [5.74, 6) is 0.826. The van der Waals surface area contributed by atoms with E-state index in [4.69, 9.17) is 0 Å². The maximum atomic E-state index is 13.2. The standard InChI is InChI=1S/C22H31N3O4S2/c1-16(2)25-19-9-8-18(15-20(19)30-22(25)27)31(28,29)24-13-11-23(12-14-24)21(26)10-7-17-5-3-4-6-17/h8-9,15-17H,3-7,10-14H2,1-2H3. The zero-order valence-electron chi connectivity index (χ0n) is 18.2. The lowest BCUT2D eigenvalue weighted by Gasteiger charge is -2.34. The molecular weight excluding hydrogens is 434 g/mol. The molecule has 7 nitrogen and oxygen atoms in total. The van der Waals surface area contributed by atoms with Gasteiger partial charge >= 0.3 is 4.87 Å². The molecule has 1 amide bonds. The second-order valence-corrected chi connectivity index (χ2v) is 11.9. The lowest BCUT2D eigenvalue weighted by atomic mass is 10.0. The first-order valence-electron chi connectivity index (χ1n) is 11.2. The van der Waals surface area contributed by atoms with Crippen LogP contribution in [0.15, 0.2) is 27.9 Å². The van der Waals surface area contributed by atoms with Gasteiger partial charge in [-0.2, -0.15) is 4.31 Å². The first-order valence-corrected chi connectivity index (χ1v) is 13.5. The number of fused-ring (bicyclic) bond motifs is 1. The Morgan fingerprint density at radius 3 is 2.45 bits per heavy atom. The van der Waals surface area contributed by atoms with E-state index in [0.717, 1.165) is 23.3 Å². The third-order valence-corrected chi connectivity index (χ3v) is 9.38. The van der Waals surface area contributed by atoms with E-state index in [1.54, 1.807) is 27.7 Å². The third kappa shape index (κ3) is 4.59. The van der Waals surface area contributed by atoms with E-state index < -0.39 is 10.0 Å². The van der Waals surface area contributed by atoms with Gasteiger partial charge in [0.1, 0.15) is 0 Å². The fraction of sp³-hybridized carbons (Fsp3) is 0.636. The van der Waals surface area contributed by atoms with Crippen molar-refractivity contribution >= 4 is 37.5 Å². The zero-order chi connectivity index (χ0) is 22.2. The Hall–Kier alpha value is -1.71. The molecule has 1 aromatic heterocycles. The van der Waals surface area contributed by atoms with Crippen molar-refractivity contribution in [2.24, 2.45) is 5.92 Å². The monoisotopic (exact) mass is 465 g/mol. The molecule has 2 aliphatic rings. The summed E-state index contributed by atoms with van der Waals surface area (Å²) in [7, 11) is -3.66. The van der Waals surface area contributed by atoms with E-state index in [9.17, 15) is 18.0 Å². The maximum absolute atomic E-state index is 13.2. The van der Waals surface area contributed by atoms with Gasteiger partial charge < -0.3 is 4.90 Å². The van der Waals surface area contributed by atoms with Crippen LogP contribution in [0.5, 0.6) is 0 Å². The highest BCUT2D eigenvalue weighted by molar-refractivity contribution is 7.89. The summed E-state index contributed by atoms with van der Waals surface area (Å²) < 4.78 is 30.2. The van der Waals surface area contributed by atoms with Crippen LogP contribution in [0.2, 0.25) is 0 Å². The number of aromatic nitrogens is 1. The Balaban J connectivity index is 1.41. The fourth-order valence-electron chi connectivity index (χ4n) is 4.78. The number of nitrogens with zero attached hydrogens (tertiary/aromatic N) is 3. The Morgan fingerprint density at radius 2 is 1.81 bits per heavy atom. The van der Waals surface area contributed by atoms with Gasteiger partial charge in [-0.15, -0.1) is 0 Å². The van der Waals surface area contributed by atoms with Gasteiger partial charge in [-0.1, -0.05) is 37.0 Å². The molecule has 2 fully saturated rings. The van der Waals surface area contributed by atoms with Crippen molar-refractivity contribution in [3.8, 4) is 0 Å². The van der Waals surface area contributed by atoms with Crippen LogP contribution in [-0.2, 0) is 14.8 Å². The second kappa shape index (κ2) is 9.03. The first-order chi connectivity index (χ1) is 14.8. The number of carbonyl (C=O) groups excluding carboxylic acids is 1. The van der Waals surface area contributed by atoms with Gasteiger partial charge in [0.15, 0.2) is 0 Å². The molecule has 0 bridgehead atoms. The molecule has 0 N–H and O–H groups in total. The molecular formula is C22H31N3O4S2. The van der Waals surface area contributed by atoms with E-state index >= 15 is 0 Å². The minimum absolute atomic E-state index is 0.0167. The molecule has 9 heteroatoms. The Bertz CT molecular complexity index is 1110. The van der Waals surface area contributed by atoms with Crippen LogP contribution in [0.3, 0.4) is 0 Å². The lowest BCUT2D eigenvalue weighted by molar-refractivity contribution is -0.132. The summed E-state index contributed by atoms with van der Waals surface area (Å²) in [5.41, 5.74) is 0.765. The number of sulfonamides is 1. The minimum atomic E-state index is -3.66. The van der Waals surface area contributed by atoms with Gasteiger partial charge in [-0.05, 0) is 44.4 Å². The predicted octanol–water partition coefficient (Wildman–Crippen LogP) is 3.45. The summed E-state index contributed by atoms with van der Waals surface area (Å²) in [4.78, 5) is 26.7. The number of amides is 1. The van der Waals surface area contributed by atoms with Crippen molar-refractivity contribution < 1.29 is 13.2 Å². The smallest absolute Gasteiger partial charge is 0.308 e. The van der Waals surface area contributed by atoms with Crippen LogP contribution in [0, 0.1) is 5.92 Å². The van der Waals surface area contributed by atoms with Crippen molar-refractivity contribution in [3.05, 3.63) is 27.9 Å². The number of hydrogen-bond donors (Lipinski definition) is 0. The molecule has 0 unspecified atom stereocenters. The van der Waals surface area contributed by atoms with E-state index in [1.807, 2.05) is 13.8 Å². The van der Waals surface area contributed by atoms with Gasteiger partial charge in [0.05, 0.1) is 15.1 Å². The van der Waals surface area contributed by atoms with Gasteiger partial charge in [-0.25, -0.2) is 8.42 Å². The van der Waals surface area contributed by atoms with E-state index in [2.05, 4.69) is 0 Å². The van der Waals surface area contributed by atoms with Crippen molar-refractivity contribution in [2.45, 2.75) is 63.3 Å². The average Bonchev–Trinajstić information content (AvgIpc) is 3.38. The minimum Gasteiger partial charge on any atom is -0.340 e. The zero-order valence-corrected chi connectivity index (χ0v) is 19.9. The highest BCUT2D eigenvalue weighted by atomic mass is 32.2. The number of carbonyl (C=O) groups is 1. The fourth-order valence-corrected chi connectivity index (χ4v) is 7.35. The number of piperazine rings is 1. The highest BCUT2D eigenvalue weighted by Gasteiger charge is 2.31. The van der Waals surface area contributed by atoms with Crippen molar-refractivity contribution in [1.29, 1.82) is 0 Å². The Kier molecular flexibility index (Phi) is 6.55. The topological polar surface area (TPSA) is 79.7 Å². The Morgan fingerprint density at radius 1 is 1.13 bits per heavy atom. The molecule has 31 heavy (non-hydrogen) atoms. The summed E-state index contributed by atoms with van der Waals surface area (Å²) in [6.45, 7) is 5.35. The van der Waals surface area contributed by atoms with Gasteiger partial charge in [0.25, 0.3) is 0 Å². The number of rotatable bonds is 6. The van der Waals surface area contributed by atoms with Crippen LogP contribution in [-0.4, -0.2) is 54.3 Å². The molecule has 0 atom stereocenters. The van der Waals surface area contributed by atoms with Crippen LogP contribution in [0.1, 0.15) is 58.4 Å². The second-order valence-electron chi connectivity index (χ2n) is 8.94. The number of benzene rings is 1. The quantitative estimate of drug-likeness (QED) is 0.655. The summed E-state index contributed by atoms with van der Waals surface area (Å²) >= 11 is 1.08. The molecule has 1 aromatic carbocycles. The van der Waals surface area contributed by atoms with E-state index in [0.29, 0.717) is 43.2 Å². The summed E-state index contributed by atoms with van der Waals surface area (Å²) in [6.07, 6.45) is 6.55. The first kappa shape index (κ1) is 22.5. The largest absolute Gasteiger partial charge is 0.340 e. The average molecular weight is 466 g/mol. The van der Waals surface area contributed by atoms with Crippen molar-refractivity contribution in [3.63, 3.8) is 0 Å². The normalized spacial score (nSPS) is 19.0. The van der Waals surface area contributed by atoms with Crippen LogP contribution < -0.4 is 4.87 Å². The lowest BCUT2D eigenvalue weighted by Crippen LogP contribution is -2.50. The third-order valence-electron chi connectivity index (χ3n) is 6.57. The van der Waals surface area contributed by atoms with Crippen LogP contribution in [0.4, 0.5) is 0 Å². The van der Waals surface area contributed by atoms with E-state index in [-0.39, 0.29) is 21.7 Å². The number of hydrogen-bond acceptors (Lipinski definition) is 5. The van der Waals surface area contributed by atoms with Crippen molar-refractivity contribution in [2.75, 3.05) is 26.2 Å². The highest BCUT2D eigenvalue weighted by Crippen LogP contribution is 2.29. The molecule has 1 aliphatic carbocycles. The molecule has 1 saturated carbocycles. The molecule has 2 aromatic rings. The maximum Gasteiger partial charge on any atom is 0.308 e. The molecule has 1 saturated heterocycles. The molecule has 2 heterocycles.